The van der Waals surface area contributed by atoms with Gasteiger partial charge in [-0.05, 0) is 0 Å². The van der Waals surface area contributed by atoms with Crippen LogP contribution in [0.2, 0.25) is 0 Å². The number of hydrogen-bond donors (Lipinski definition) is 0. The van der Waals surface area contributed by atoms with E-state index in [-0.39, 0.29) is 0 Å². The van der Waals surface area contributed by atoms with E-state index in [9.17, 15) is 0 Å². The molecule has 0 saturated heterocycles. The van der Waals surface area contributed by atoms with Crippen molar-refractivity contribution in [3.8, 4) is 0 Å². The van der Waals surface area contributed by atoms with Crippen LogP contribution in [0.1, 0.15) is 39.5 Å². The van der Waals surface area contributed by atoms with Crippen molar-refractivity contribution in [2.45, 2.75) is 39.5 Å². The maximum atomic E-state index is 4.15. The molecule has 3 heteroatoms. The van der Waals surface area contributed by atoms with Gasteiger partial charge in [-0.3, -0.25) is 0 Å². The molecule has 0 nitrogen and oxygen atoms in total. The third-order valence-corrected chi connectivity index (χ3v) is 13.7. The SMILES string of the molecule is CCCCP(Br)(Br)(CCCC)c1ccccc1. The van der Waals surface area contributed by atoms with Crippen LogP contribution in [0.5, 0.6) is 0 Å². The fourth-order valence-corrected chi connectivity index (χ4v) is 9.92. The quantitative estimate of drug-likeness (QED) is 0.501. The summed E-state index contributed by atoms with van der Waals surface area (Å²) in [6, 6.07) is 10.9. The number of unbranched alkanes of at least 4 members (excludes halogenated alkanes) is 2. The Morgan fingerprint density at radius 3 is 1.76 bits per heavy atom. The molecule has 0 aliphatic carbocycles. The maximum absolute atomic E-state index is 4.15. The number of halogens is 2. The van der Waals surface area contributed by atoms with Gasteiger partial charge < -0.3 is 0 Å². The minimum atomic E-state index is -2.02. The molecule has 0 unspecified atom stereocenters. The van der Waals surface area contributed by atoms with Crippen LogP contribution in [0.3, 0.4) is 0 Å². The average Bonchev–Trinajstić information content (AvgIpc) is 2.36. The molecule has 17 heavy (non-hydrogen) atoms. The van der Waals surface area contributed by atoms with Crippen LogP contribution in [0.4, 0.5) is 0 Å². The monoisotopic (exact) mass is 380 g/mol. The summed E-state index contributed by atoms with van der Waals surface area (Å²) in [5.74, 6) is 0. The van der Waals surface area contributed by atoms with Gasteiger partial charge in [-0.25, -0.2) is 0 Å². The molecule has 0 heterocycles. The van der Waals surface area contributed by atoms with Crippen LogP contribution in [-0.4, -0.2) is 12.3 Å². The van der Waals surface area contributed by atoms with Crippen LogP contribution < -0.4 is 5.30 Å². The second kappa shape index (κ2) is 6.68. The Morgan fingerprint density at radius 2 is 1.35 bits per heavy atom. The van der Waals surface area contributed by atoms with E-state index >= 15 is 0 Å². The Balaban J connectivity index is 3.00. The predicted octanol–water partition coefficient (Wildman–Crippen LogP) is 6.09. The third-order valence-electron chi connectivity index (χ3n) is 3.22. The first-order chi connectivity index (χ1) is 8.02. The van der Waals surface area contributed by atoms with Gasteiger partial charge in [0.05, 0.1) is 0 Å². The Bertz CT molecular complexity index is 323. The van der Waals surface area contributed by atoms with E-state index in [0.717, 1.165) is 0 Å². The van der Waals surface area contributed by atoms with Crippen LogP contribution in [-0.2, 0) is 0 Å². The van der Waals surface area contributed by atoms with E-state index in [4.69, 9.17) is 0 Å². The Morgan fingerprint density at radius 1 is 0.882 bits per heavy atom. The molecular weight excluding hydrogens is 359 g/mol. The van der Waals surface area contributed by atoms with Crippen molar-refractivity contribution in [2.24, 2.45) is 0 Å². The molecule has 0 N–H and O–H groups in total. The summed E-state index contributed by atoms with van der Waals surface area (Å²) in [5.41, 5.74) is 0. The molecule has 0 aromatic heterocycles. The fourth-order valence-electron chi connectivity index (χ4n) is 2.06. The van der Waals surface area contributed by atoms with E-state index in [0.29, 0.717) is 0 Å². The van der Waals surface area contributed by atoms with E-state index in [1.54, 1.807) is 0 Å². The normalized spacial score (nSPS) is 14.2. The summed E-state index contributed by atoms with van der Waals surface area (Å²) in [6.45, 7) is 4.53. The van der Waals surface area contributed by atoms with Gasteiger partial charge >= 0.3 is 122 Å². The van der Waals surface area contributed by atoms with Crippen molar-refractivity contribution in [1.82, 2.24) is 0 Å². The number of rotatable bonds is 7. The summed E-state index contributed by atoms with van der Waals surface area (Å²) in [4.78, 5) is 0. The molecule has 0 aliphatic rings. The molecule has 0 aliphatic heterocycles. The summed E-state index contributed by atoms with van der Waals surface area (Å²) in [6.07, 6.45) is 7.60. The number of benzene rings is 1. The van der Waals surface area contributed by atoms with E-state index in [1.165, 1.54) is 43.3 Å². The minimum absolute atomic E-state index is 1.26. The molecule has 0 spiro atoms. The van der Waals surface area contributed by atoms with Crippen LogP contribution in [0.25, 0.3) is 0 Å². The van der Waals surface area contributed by atoms with Gasteiger partial charge in [0.25, 0.3) is 0 Å². The van der Waals surface area contributed by atoms with Crippen LogP contribution in [0, 0.1) is 0 Å². The number of hydrogen-bond acceptors (Lipinski definition) is 0. The van der Waals surface area contributed by atoms with Crippen LogP contribution in [0.15, 0.2) is 30.3 Å². The molecule has 1 aromatic carbocycles. The van der Waals surface area contributed by atoms with Crippen molar-refractivity contribution in [2.75, 3.05) is 12.3 Å². The van der Waals surface area contributed by atoms with Crippen LogP contribution >= 0.6 is 35.0 Å². The molecule has 0 bridgehead atoms. The Hall–Kier alpha value is 0.610. The molecule has 0 radical (unpaired) electrons. The van der Waals surface area contributed by atoms with Gasteiger partial charge in [0.2, 0.25) is 0 Å². The summed E-state index contributed by atoms with van der Waals surface area (Å²) in [5, 5.41) is 1.47. The molecule has 0 amide bonds. The second-order valence-electron chi connectivity index (χ2n) is 4.74. The first kappa shape index (κ1) is 15.7. The predicted molar refractivity (Wildman–Crippen MR) is 90.4 cm³/mol. The first-order valence-corrected chi connectivity index (χ1v) is 13.2. The molecule has 98 valence electrons. The zero-order valence-electron chi connectivity index (χ0n) is 10.8. The zero-order chi connectivity index (χ0) is 12.8. The van der Waals surface area contributed by atoms with Crippen molar-refractivity contribution >= 4 is 40.3 Å². The fraction of sp³-hybridized carbons (Fsp3) is 0.571. The Labute approximate surface area is 122 Å². The molecule has 0 fully saturated rings. The van der Waals surface area contributed by atoms with Gasteiger partial charge in [0.1, 0.15) is 0 Å². The van der Waals surface area contributed by atoms with Gasteiger partial charge in [0, 0.05) is 0 Å². The van der Waals surface area contributed by atoms with Gasteiger partial charge in [0.15, 0.2) is 0 Å². The Kier molecular flexibility index (Phi) is 6.16. The molecule has 0 atom stereocenters. The first-order valence-electron chi connectivity index (χ1n) is 6.52. The van der Waals surface area contributed by atoms with Crippen molar-refractivity contribution < 1.29 is 0 Å². The van der Waals surface area contributed by atoms with Gasteiger partial charge in [-0.1, -0.05) is 0 Å². The van der Waals surface area contributed by atoms with Crippen molar-refractivity contribution in [1.29, 1.82) is 0 Å². The van der Waals surface area contributed by atoms with E-state index in [2.05, 4.69) is 75.2 Å². The zero-order valence-corrected chi connectivity index (χ0v) is 14.9. The van der Waals surface area contributed by atoms with Crippen molar-refractivity contribution in [3.63, 3.8) is 0 Å². The molecule has 0 saturated carbocycles. The summed E-state index contributed by atoms with van der Waals surface area (Å²) in [7, 11) is 0. The average molecular weight is 382 g/mol. The summed E-state index contributed by atoms with van der Waals surface area (Å²) < 4.78 is -2.02. The van der Waals surface area contributed by atoms with Gasteiger partial charge in [-0.2, -0.15) is 0 Å². The third kappa shape index (κ3) is 4.33. The standard InChI is InChI=1S/C14H23Br2P/c1-3-5-12-17(15,16,13-6-4-2)14-10-8-7-9-11-14/h7-11H,3-6,12-13H2,1-2H3. The molecular formula is C14H23Br2P. The van der Waals surface area contributed by atoms with E-state index < -0.39 is 4.01 Å². The van der Waals surface area contributed by atoms with Gasteiger partial charge in [-0.15, -0.1) is 0 Å². The summed E-state index contributed by atoms with van der Waals surface area (Å²) >= 11 is 8.29. The topological polar surface area (TPSA) is 0 Å². The second-order valence-corrected chi connectivity index (χ2v) is 21.8. The van der Waals surface area contributed by atoms with Crippen molar-refractivity contribution in [3.05, 3.63) is 30.3 Å². The molecule has 1 rings (SSSR count). The molecule has 1 aromatic rings. The van der Waals surface area contributed by atoms with E-state index in [1.807, 2.05) is 0 Å².